The maximum absolute atomic E-state index is 2.64. The minimum Gasteiger partial charge on any atom is -0.301 e. The van der Waals surface area contributed by atoms with E-state index in [4.69, 9.17) is 0 Å². The molecule has 1 nitrogen and oxygen atoms in total. The quantitative estimate of drug-likeness (QED) is 0.235. The van der Waals surface area contributed by atoms with Gasteiger partial charge in [-0.15, -0.1) is 0 Å². The predicted molar refractivity (Wildman–Crippen MR) is 107 cm³/mol. The summed E-state index contributed by atoms with van der Waals surface area (Å²) in [4.78, 5) is 2.64. The SMILES string of the molecule is CCCCCCCCCCCCCCCC(CC)N(CC)CC. The van der Waals surface area contributed by atoms with Gasteiger partial charge in [-0.1, -0.05) is 111 Å². The molecule has 0 aliphatic rings. The fraction of sp³-hybridized carbons (Fsp3) is 1.00. The molecule has 0 radical (unpaired) electrons. The van der Waals surface area contributed by atoms with Crippen LogP contribution in [-0.4, -0.2) is 24.0 Å². The van der Waals surface area contributed by atoms with Crippen molar-refractivity contribution < 1.29 is 0 Å². The molecule has 0 aromatic heterocycles. The standard InChI is InChI=1S/C22H47N/c1-5-9-10-11-12-13-14-15-16-17-18-19-20-21-22(6-2)23(7-3)8-4/h22H,5-21H2,1-4H3. The zero-order valence-corrected chi connectivity index (χ0v) is 17.0. The van der Waals surface area contributed by atoms with E-state index in [1.807, 2.05) is 0 Å². The topological polar surface area (TPSA) is 3.24 Å². The Labute approximate surface area is 148 Å². The van der Waals surface area contributed by atoms with Crippen molar-refractivity contribution in [2.24, 2.45) is 0 Å². The van der Waals surface area contributed by atoms with Crippen molar-refractivity contribution in [1.82, 2.24) is 4.90 Å². The van der Waals surface area contributed by atoms with E-state index >= 15 is 0 Å². The van der Waals surface area contributed by atoms with Crippen molar-refractivity contribution in [2.45, 2.75) is 130 Å². The van der Waals surface area contributed by atoms with E-state index in [0.29, 0.717) is 0 Å². The Morgan fingerprint density at radius 2 is 0.913 bits per heavy atom. The van der Waals surface area contributed by atoms with Crippen molar-refractivity contribution in [1.29, 1.82) is 0 Å². The Kier molecular flexibility index (Phi) is 18.3. The van der Waals surface area contributed by atoms with Crippen LogP contribution in [0.4, 0.5) is 0 Å². The monoisotopic (exact) mass is 325 g/mol. The maximum atomic E-state index is 2.64. The van der Waals surface area contributed by atoms with E-state index in [9.17, 15) is 0 Å². The molecule has 0 bridgehead atoms. The van der Waals surface area contributed by atoms with Crippen molar-refractivity contribution in [3.63, 3.8) is 0 Å². The van der Waals surface area contributed by atoms with E-state index < -0.39 is 0 Å². The average Bonchev–Trinajstić information content (AvgIpc) is 2.58. The van der Waals surface area contributed by atoms with Gasteiger partial charge in [0.25, 0.3) is 0 Å². The third-order valence-corrected chi connectivity index (χ3v) is 5.44. The number of hydrogen-bond acceptors (Lipinski definition) is 1. The minimum absolute atomic E-state index is 0.831. The molecule has 1 heteroatoms. The number of rotatable bonds is 18. The van der Waals surface area contributed by atoms with Crippen molar-refractivity contribution in [3.05, 3.63) is 0 Å². The first-order chi connectivity index (χ1) is 11.3. The molecule has 0 rings (SSSR count). The molecule has 1 atom stereocenters. The predicted octanol–water partition coefficient (Wildman–Crippen LogP) is 7.59. The molecule has 0 fully saturated rings. The van der Waals surface area contributed by atoms with Crippen LogP contribution in [0.5, 0.6) is 0 Å². The molecule has 140 valence electrons. The van der Waals surface area contributed by atoms with Gasteiger partial charge in [0.05, 0.1) is 0 Å². The summed E-state index contributed by atoms with van der Waals surface area (Å²) < 4.78 is 0. The smallest absolute Gasteiger partial charge is 0.00924 e. The zero-order chi connectivity index (χ0) is 17.2. The molecule has 0 aromatic carbocycles. The molecule has 0 aliphatic carbocycles. The molecule has 0 spiro atoms. The molecule has 0 amide bonds. The van der Waals surface area contributed by atoms with Crippen molar-refractivity contribution in [2.75, 3.05) is 13.1 Å². The van der Waals surface area contributed by atoms with Gasteiger partial charge in [0, 0.05) is 6.04 Å². The first-order valence-electron chi connectivity index (χ1n) is 11.0. The Bertz CT molecular complexity index is 210. The van der Waals surface area contributed by atoms with Gasteiger partial charge < -0.3 is 4.90 Å². The van der Waals surface area contributed by atoms with Gasteiger partial charge in [-0.25, -0.2) is 0 Å². The van der Waals surface area contributed by atoms with Gasteiger partial charge >= 0.3 is 0 Å². The lowest BCUT2D eigenvalue weighted by molar-refractivity contribution is 0.196. The van der Waals surface area contributed by atoms with E-state index in [1.165, 1.54) is 109 Å². The van der Waals surface area contributed by atoms with E-state index in [2.05, 4.69) is 32.6 Å². The second-order valence-corrected chi connectivity index (χ2v) is 7.31. The summed E-state index contributed by atoms with van der Waals surface area (Å²) in [6, 6.07) is 0.831. The molecule has 0 aliphatic heterocycles. The Morgan fingerprint density at radius 3 is 1.26 bits per heavy atom. The second-order valence-electron chi connectivity index (χ2n) is 7.31. The largest absolute Gasteiger partial charge is 0.301 e. The first kappa shape index (κ1) is 23.0. The highest BCUT2D eigenvalue weighted by molar-refractivity contribution is 4.68. The summed E-state index contributed by atoms with van der Waals surface area (Å²) in [5, 5.41) is 0. The summed E-state index contributed by atoms with van der Waals surface area (Å²) in [5.74, 6) is 0. The summed E-state index contributed by atoms with van der Waals surface area (Å²) in [5.41, 5.74) is 0. The first-order valence-corrected chi connectivity index (χ1v) is 11.0. The lowest BCUT2D eigenvalue weighted by atomic mass is 10.0. The van der Waals surface area contributed by atoms with Crippen LogP contribution < -0.4 is 0 Å². The molecule has 0 aromatic rings. The second kappa shape index (κ2) is 18.3. The third-order valence-electron chi connectivity index (χ3n) is 5.44. The van der Waals surface area contributed by atoms with Crippen LogP contribution in [0.3, 0.4) is 0 Å². The normalized spacial score (nSPS) is 12.9. The minimum atomic E-state index is 0.831. The van der Waals surface area contributed by atoms with Gasteiger partial charge in [0.2, 0.25) is 0 Å². The van der Waals surface area contributed by atoms with Gasteiger partial charge in [0.15, 0.2) is 0 Å². The fourth-order valence-electron chi connectivity index (χ4n) is 3.78. The molecule has 1 unspecified atom stereocenters. The Balaban J connectivity index is 3.29. The molecular formula is C22H47N. The summed E-state index contributed by atoms with van der Waals surface area (Å²) in [7, 11) is 0. The van der Waals surface area contributed by atoms with Crippen molar-refractivity contribution >= 4 is 0 Å². The number of nitrogens with zero attached hydrogens (tertiary/aromatic N) is 1. The lowest BCUT2D eigenvalue weighted by Gasteiger charge is -2.28. The van der Waals surface area contributed by atoms with Gasteiger partial charge in [-0.05, 0) is 25.9 Å². The highest BCUT2D eigenvalue weighted by atomic mass is 15.1. The van der Waals surface area contributed by atoms with Crippen molar-refractivity contribution in [3.8, 4) is 0 Å². The zero-order valence-electron chi connectivity index (χ0n) is 17.0. The highest BCUT2D eigenvalue weighted by Crippen LogP contribution is 2.16. The summed E-state index contributed by atoms with van der Waals surface area (Å²) in [6.45, 7) is 11.7. The lowest BCUT2D eigenvalue weighted by Crippen LogP contribution is -2.34. The molecule has 0 saturated heterocycles. The number of hydrogen-bond donors (Lipinski definition) is 0. The van der Waals surface area contributed by atoms with Crippen LogP contribution in [-0.2, 0) is 0 Å². The third kappa shape index (κ3) is 14.0. The number of unbranched alkanes of at least 4 members (excludes halogenated alkanes) is 12. The Hall–Kier alpha value is -0.0400. The van der Waals surface area contributed by atoms with Gasteiger partial charge in [0.1, 0.15) is 0 Å². The highest BCUT2D eigenvalue weighted by Gasteiger charge is 2.12. The molecule has 23 heavy (non-hydrogen) atoms. The van der Waals surface area contributed by atoms with Crippen LogP contribution in [0.1, 0.15) is 124 Å². The molecule has 0 N–H and O–H groups in total. The van der Waals surface area contributed by atoms with E-state index in [0.717, 1.165) is 6.04 Å². The molecule has 0 saturated carbocycles. The van der Waals surface area contributed by atoms with Crippen LogP contribution in [0.25, 0.3) is 0 Å². The Morgan fingerprint density at radius 1 is 0.522 bits per heavy atom. The van der Waals surface area contributed by atoms with Crippen LogP contribution >= 0.6 is 0 Å². The van der Waals surface area contributed by atoms with E-state index in [-0.39, 0.29) is 0 Å². The van der Waals surface area contributed by atoms with Gasteiger partial charge in [-0.3, -0.25) is 0 Å². The summed E-state index contributed by atoms with van der Waals surface area (Å²) >= 11 is 0. The summed E-state index contributed by atoms with van der Waals surface area (Å²) in [6.07, 6.45) is 21.7. The van der Waals surface area contributed by atoms with Crippen LogP contribution in [0, 0.1) is 0 Å². The maximum Gasteiger partial charge on any atom is 0.00924 e. The van der Waals surface area contributed by atoms with E-state index in [1.54, 1.807) is 0 Å². The van der Waals surface area contributed by atoms with Crippen LogP contribution in [0.2, 0.25) is 0 Å². The fourth-order valence-corrected chi connectivity index (χ4v) is 3.78. The molecule has 0 heterocycles. The average molecular weight is 326 g/mol. The molecular weight excluding hydrogens is 278 g/mol. The van der Waals surface area contributed by atoms with Gasteiger partial charge in [-0.2, -0.15) is 0 Å². The van der Waals surface area contributed by atoms with Crippen LogP contribution in [0.15, 0.2) is 0 Å².